The number of fused-ring (bicyclic) bond motifs is 1. The maximum Gasteiger partial charge on any atom is 0.257 e. The smallest absolute Gasteiger partial charge is 0.257 e. The molecule has 33 heavy (non-hydrogen) atoms. The first-order chi connectivity index (χ1) is 15.9. The number of amides is 1. The van der Waals surface area contributed by atoms with E-state index in [2.05, 4.69) is 15.4 Å². The summed E-state index contributed by atoms with van der Waals surface area (Å²) in [6.45, 7) is 0.624. The predicted octanol–water partition coefficient (Wildman–Crippen LogP) is 2.96. The zero-order valence-corrected chi connectivity index (χ0v) is 18.0. The van der Waals surface area contributed by atoms with Gasteiger partial charge in [0.25, 0.3) is 5.91 Å². The molecule has 0 unspecified atom stereocenters. The van der Waals surface area contributed by atoms with Crippen LogP contribution in [-0.2, 0) is 0 Å². The number of hydrogen-bond acceptors (Lipinski definition) is 6. The van der Waals surface area contributed by atoms with E-state index in [1.807, 2.05) is 4.90 Å². The predicted molar refractivity (Wildman–Crippen MR) is 119 cm³/mol. The first-order valence-corrected chi connectivity index (χ1v) is 11.2. The zero-order valence-electron chi connectivity index (χ0n) is 18.0. The molecule has 1 aromatic carbocycles. The standard InChI is InChI=1S/C23H26F2N6O2/c24-13-3-8-17(25)16(10-13)18-2-1-9-30(18)20-11-19-21(22(26)29-31(19)12-27-20)23(33)28-14-4-6-15(32)7-5-14/h3,8,10-12,14-15,18,32H,1-2,4-7,9H2,(H2,26,29)(H,28,33)/t14?,15?,18-/m1/s1. The summed E-state index contributed by atoms with van der Waals surface area (Å²) >= 11 is 0. The molecule has 1 saturated heterocycles. The SMILES string of the molecule is Nc1nn2cnc(N3CCC[C@@H]3c3cc(F)ccc3F)cc2c1C(=O)NC1CCC(O)CC1. The van der Waals surface area contributed by atoms with Crippen molar-refractivity contribution in [1.29, 1.82) is 0 Å². The number of aliphatic hydroxyl groups is 1. The summed E-state index contributed by atoms with van der Waals surface area (Å²) in [5.41, 5.74) is 7.12. The van der Waals surface area contributed by atoms with Crippen LogP contribution in [0.4, 0.5) is 20.4 Å². The van der Waals surface area contributed by atoms with Gasteiger partial charge in [0.15, 0.2) is 5.82 Å². The van der Waals surface area contributed by atoms with Crippen LogP contribution in [0.15, 0.2) is 30.6 Å². The summed E-state index contributed by atoms with van der Waals surface area (Å²) in [6, 6.07) is 4.81. The zero-order chi connectivity index (χ0) is 23.1. The fraction of sp³-hybridized carbons (Fsp3) is 0.435. The largest absolute Gasteiger partial charge is 0.393 e. The Bertz CT molecular complexity index is 1190. The first-order valence-electron chi connectivity index (χ1n) is 11.2. The molecule has 0 spiro atoms. The molecule has 1 amide bonds. The van der Waals surface area contributed by atoms with Gasteiger partial charge in [0.2, 0.25) is 0 Å². The molecule has 2 aliphatic rings. The highest BCUT2D eigenvalue weighted by Crippen LogP contribution is 2.37. The second kappa shape index (κ2) is 8.58. The fourth-order valence-electron chi connectivity index (χ4n) is 4.97. The van der Waals surface area contributed by atoms with Crippen LogP contribution in [0.3, 0.4) is 0 Å². The molecule has 5 rings (SSSR count). The quantitative estimate of drug-likeness (QED) is 0.557. The second-order valence-corrected chi connectivity index (χ2v) is 8.83. The average Bonchev–Trinajstić information content (AvgIpc) is 3.40. The molecular formula is C23H26F2N6O2. The number of aliphatic hydroxyl groups excluding tert-OH is 1. The van der Waals surface area contributed by atoms with Crippen molar-refractivity contribution in [3.63, 3.8) is 0 Å². The van der Waals surface area contributed by atoms with E-state index in [1.54, 1.807) is 6.07 Å². The van der Waals surface area contributed by atoms with E-state index in [-0.39, 0.29) is 35.5 Å². The molecule has 174 valence electrons. The number of halogens is 2. The Morgan fingerprint density at radius 3 is 2.73 bits per heavy atom. The highest BCUT2D eigenvalue weighted by atomic mass is 19.1. The topological polar surface area (TPSA) is 109 Å². The summed E-state index contributed by atoms with van der Waals surface area (Å²) in [5.74, 6) is -0.630. The van der Waals surface area contributed by atoms with Crippen LogP contribution in [0, 0.1) is 11.6 Å². The summed E-state index contributed by atoms with van der Waals surface area (Å²) in [7, 11) is 0. The minimum atomic E-state index is -0.487. The number of nitrogen functional groups attached to an aromatic ring is 1. The number of benzene rings is 1. The minimum Gasteiger partial charge on any atom is -0.393 e. The molecule has 0 bridgehead atoms. The Hall–Kier alpha value is -3.27. The van der Waals surface area contributed by atoms with E-state index in [1.165, 1.54) is 16.9 Å². The molecule has 2 aromatic heterocycles. The number of carbonyl (C=O) groups is 1. The number of anilines is 2. The van der Waals surface area contributed by atoms with Gasteiger partial charge in [0.1, 0.15) is 29.3 Å². The number of nitrogens with zero attached hydrogens (tertiary/aromatic N) is 4. The van der Waals surface area contributed by atoms with Crippen LogP contribution in [-0.4, -0.2) is 44.3 Å². The Morgan fingerprint density at radius 1 is 1.15 bits per heavy atom. The minimum absolute atomic E-state index is 0.0320. The van der Waals surface area contributed by atoms with E-state index < -0.39 is 11.6 Å². The monoisotopic (exact) mass is 456 g/mol. The van der Waals surface area contributed by atoms with Crippen LogP contribution in [0.5, 0.6) is 0 Å². The van der Waals surface area contributed by atoms with Gasteiger partial charge in [-0.1, -0.05) is 0 Å². The molecule has 3 aromatic rings. The van der Waals surface area contributed by atoms with Gasteiger partial charge in [-0.25, -0.2) is 18.3 Å². The lowest BCUT2D eigenvalue weighted by molar-refractivity contribution is 0.0870. The van der Waals surface area contributed by atoms with Gasteiger partial charge in [-0.2, -0.15) is 0 Å². The molecule has 8 nitrogen and oxygen atoms in total. The molecule has 3 heterocycles. The van der Waals surface area contributed by atoms with Crippen molar-refractivity contribution in [3.05, 3.63) is 53.4 Å². The Balaban J connectivity index is 1.45. The third kappa shape index (κ3) is 4.10. The normalized spacial score (nSPS) is 23.2. The lowest BCUT2D eigenvalue weighted by atomic mass is 9.93. The molecule has 1 aliphatic carbocycles. The van der Waals surface area contributed by atoms with Gasteiger partial charge in [0.05, 0.1) is 17.7 Å². The number of carbonyl (C=O) groups excluding carboxylic acids is 1. The molecule has 1 saturated carbocycles. The van der Waals surface area contributed by atoms with Crippen molar-refractivity contribution in [2.45, 2.75) is 56.7 Å². The van der Waals surface area contributed by atoms with Crippen LogP contribution in [0.25, 0.3) is 5.52 Å². The molecule has 4 N–H and O–H groups in total. The van der Waals surface area contributed by atoms with E-state index in [9.17, 15) is 18.7 Å². The summed E-state index contributed by atoms with van der Waals surface area (Å²) in [4.78, 5) is 19.4. The third-order valence-corrected chi connectivity index (χ3v) is 6.66. The molecule has 0 radical (unpaired) electrons. The van der Waals surface area contributed by atoms with Crippen LogP contribution >= 0.6 is 0 Å². The van der Waals surface area contributed by atoms with Gasteiger partial charge in [-0.3, -0.25) is 4.79 Å². The molecule has 2 fully saturated rings. The number of aromatic nitrogens is 3. The van der Waals surface area contributed by atoms with Crippen molar-refractivity contribution < 1.29 is 18.7 Å². The first kappa shape index (κ1) is 21.6. The van der Waals surface area contributed by atoms with Gasteiger partial charge in [-0.15, -0.1) is 5.10 Å². The maximum atomic E-state index is 14.5. The fourth-order valence-corrected chi connectivity index (χ4v) is 4.97. The van der Waals surface area contributed by atoms with Crippen molar-refractivity contribution >= 4 is 23.1 Å². The van der Waals surface area contributed by atoms with Crippen LogP contribution in [0.1, 0.15) is 60.5 Å². The molecule has 1 aliphatic heterocycles. The molecular weight excluding hydrogens is 430 g/mol. The van der Waals surface area contributed by atoms with Crippen molar-refractivity contribution in [2.24, 2.45) is 0 Å². The maximum absolute atomic E-state index is 14.5. The van der Waals surface area contributed by atoms with Crippen LogP contribution < -0.4 is 16.0 Å². The Morgan fingerprint density at radius 2 is 1.94 bits per heavy atom. The third-order valence-electron chi connectivity index (χ3n) is 6.66. The van der Waals surface area contributed by atoms with Crippen LogP contribution in [0.2, 0.25) is 0 Å². The van der Waals surface area contributed by atoms with E-state index in [0.29, 0.717) is 55.5 Å². The Kier molecular flexibility index (Phi) is 5.61. The van der Waals surface area contributed by atoms with Crippen molar-refractivity contribution in [2.75, 3.05) is 17.2 Å². The number of hydrogen-bond donors (Lipinski definition) is 3. The summed E-state index contributed by atoms with van der Waals surface area (Å²) in [5, 5.41) is 16.9. The van der Waals surface area contributed by atoms with E-state index in [0.717, 1.165) is 18.6 Å². The summed E-state index contributed by atoms with van der Waals surface area (Å²) < 4.78 is 29.7. The highest BCUT2D eigenvalue weighted by molar-refractivity contribution is 6.05. The average molecular weight is 456 g/mol. The lowest BCUT2D eigenvalue weighted by Crippen LogP contribution is -2.38. The number of rotatable bonds is 4. The highest BCUT2D eigenvalue weighted by Gasteiger charge is 2.31. The summed E-state index contributed by atoms with van der Waals surface area (Å²) in [6.07, 6.45) is 5.33. The number of nitrogens with two attached hydrogens (primary N) is 1. The van der Waals surface area contributed by atoms with Gasteiger partial charge in [-0.05, 0) is 56.7 Å². The second-order valence-electron chi connectivity index (χ2n) is 8.83. The van der Waals surface area contributed by atoms with E-state index >= 15 is 0 Å². The van der Waals surface area contributed by atoms with Gasteiger partial charge < -0.3 is 21.1 Å². The lowest BCUT2D eigenvalue weighted by Gasteiger charge is -2.27. The van der Waals surface area contributed by atoms with Crippen molar-refractivity contribution in [3.8, 4) is 0 Å². The van der Waals surface area contributed by atoms with Crippen molar-refractivity contribution in [1.82, 2.24) is 19.9 Å². The van der Waals surface area contributed by atoms with Gasteiger partial charge >= 0.3 is 0 Å². The number of nitrogens with one attached hydrogen (secondary N) is 1. The Labute approximate surface area is 189 Å². The molecule has 10 heteroatoms. The van der Waals surface area contributed by atoms with E-state index in [4.69, 9.17) is 5.73 Å². The molecule has 1 atom stereocenters. The van der Waals surface area contributed by atoms with Gasteiger partial charge in [0, 0.05) is 24.2 Å².